The van der Waals surface area contributed by atoms with E-state index in [9.17, 15) is 9.90 Å². The summed E-state index contributed by atoms with van der Waals surface area (Å²) in [6.07, 6.45) is 10.5. The van der Waals surface area contributed by atoms with Crippen LogP contribution in [0.2, 0.25) is 0 Å². The minimum atomic E-state index is -1.44. The molecule has 4 rings (SSSR count). The van der Waals surface area contributed by atoms with Crippen LogP contribution in [0.15, 0.2) is 171 Å². The molecule has 1 N–H and O–H groups in total. The molecule has 0 heterocycles. The van der Waals surface area contributed by atoms with Crippen LogP contribution in [0.1, 0.15) is 47.0 Å². The van der Waals surface area contributed by atoms with E-state index in [1.54, 1.807) is 6.08 Å². The van der Waals surface area contributed by atoms with E-state index < -0.39 is 20.9 Å². The van der Waals surface area contributed by atoms with E-state index in [1.165, 1.54) is 0 Å². The summed E-state index contributed by atoms with van der Waals surface area (Å²) < 4.78 is 16.8. The van der Waals surface area contributed by atoms with Crippen LogP contribution in [0.3, 0.4) is 0 Å². The average molecular weight is 614 g/mol. The molecule has 0 amide bonds. The molecule has 3 atom stereocenters. The zero-order valence-corrected chi connectivity index (χ0v) is 25.7. The van der Waals surface area contributed by atoms with Gasteiger partial charge < -0.3 is 5.11 Å². The van der Waals surface area contributed by atoms with Crippen LogP contribution in [0.4, 0.5) is 0 Å². The van der Waals surface area contributed by atoms with Gasteiger partial charge in [-0.05, 0) is 36.6 Å². The Morgan fingerprint density at radius 1 is 0.674 bits per heavy atom. The fourth-order valence-electron chi connectivity index (χ4n) is 4.16. The molecule has 43 heavy (non-hydrogen) atoms. The van der Waals surface area contributed by atoms with Gasteiger partial charge in [0.2, 0.25) is 0 Å². The van der Waals surface area contributed by atoms with Crippen LogP contribution in [-0.2, 0) is 33.3 Å². The van der Waals surface area contributed by atoms with E-state index in [-0.39, 0.29) is 16.6 Å². The molecule has 0 unspecified atom stereocenters. The first kappa shape index (κ1) is 34.8. The van der Waals surface area contributed by atoms with Crippen molar-refractivity contribution in [2.24, 2.45) is 0 Å². The van der Waals surface area contributed by atoms with Gasteiger partial charge in [-0.25, -0.2) is 0 Å². The molecule has 221 valence electrons. The molecular formula is C38H38MnO4. The molecule has 0 saturated heterocycles. The average Bonchev–Trinajstić information content (AvgIpc) is 3.08. The zero-order valence-electron chi connectivity index (χ0n) is 24.6. The second-order valence-corrected chi connectivity index (χ2v) is 10.2. The molecule has 0 aliphatic carbocycles. The summed E-state index contributed by atoms with van der Waals surface area (Å²) in [5.74, 6) is 0.00889. The molecule has 0 fully saturated rings. The zero-order chi connectivity index (χ0) is 31.6. The predicted octanol–water partition coefficient (Wildman–Crippen LogP) is 8.75. The fraction of sp³-hybridized carbons (Fsp3) is 0.132. The van der Waals surface area contributed by atoms with E-state index in [0.29, 0.717) is 5.56 Å². The third-order valence-corrected chi connectivity index (χ3v) is 7.04. The second-order valence-electron chi connectivity index (χ2n) is 10.0. The van der Waals surface area contributed by atoms with Gasteiger partial charge in [-0.2, -0.15) is 0 Å². The Morgan fingerprint density at radius 3 is 1.47 bits per heavy atom. The molecule has 4 aromatic carbocycles. The third kappa shape index (κ3) is 11.1. The number of rotatable bonds is 10. The first-order chi connectivity index (χ1) is 20.7. The molecule has 0 saturated carbocycles. The molecule has 4 nitrogen and oxygen atoms in total. The van der Waals surface area contributed by atoms with Gasteiger partial charge in [-0.15, -0.1) is 13.2 Å². The number of allylic oxidation sites excluding steroid dienone is 5. The first-order valence-electron chi connectivity index (χ1n) is 13.7. The molecule has 0 spiro atoms. The number of hydrogen-bond donors (Lipinski definition) is 1. The van der Waals surface area contributed by atoms with Crippen LogP contribution in [0, 0.1) is 0 Å². The minimum absolute atomic E-state index is 0.00889. The molecule has 0 aromatic heterocycles. The molecule has 0 bridgehead atoms. The van der Waals surface area contributed by atoms with Gasteiger partial charge in [0, 0.05) is 16.4 Å². The van der Waals surface area contributed by atoms with Crippen molar-refractivity contribution in [2.75, 3.05) is 0 Å². The van der Waals surface area contributed by atoms with Crippen molar-refractivity contribution in [1.29, 1.82) is 0 Å². The van der Waals surface area contributed by atoms with Crippen molar-refractivity contribution in [2.45, 2.75) is 30.8 Å². The summed E-state index contributed by atoms with van der Waals surface area (Å²) in [5.41, 5.74) is 3.24. The van der Waals surface area contributed by atoms with Gasteiger partial charge in [-0.3, -0.25) is 4.79 Å². The third-order valence-electron chi connectivity index (χ3n) is 7.04. The second kappa shape index (κ2) is 18.2. The summed E-state index contributed by atoms with van der Waals surface area (Å²) >= 11 is -1.44. The quantitative estimate of drug-likeness (QED) is 0.0840. The Hall–Kier alpha value is -4.41. The van der Waals surface area contributed by atoms with Crippen molar-refractivity contribution < 1.29 is 32.4 Å². The van der Waals surface area contributed by atoms with Crippen molar-refractivity contribution in [3.05, 3.63) is 193 Å². The summed E-state index contributed by atoms with van der Waals surface area (Å²) in [4.78, 5) is 12.1. The Kier molecular flexibility index (Phi) is 14.7. The van der Waals surface area contributed by atoms with Crippen molar-refractivity contribution in [3.8, 4) is 0 Å². The summed E-state index contributed by atoms with van der Waals surface area (Å²) in [7, 11) is 0. The maximum atomic E-state index is 12.1. The normalized spacial score (nSPS) is 14.0. The maximum absolute atomic E-state index is 12.1. The topological polar surface area (TPSA) is 71.4 Å². The van der Waals surface area contributed by atoms with E-state index in [2.05, 4.69) is 32.2 Å². The van der Waals surface area contributed by atoms with E-state index in [4.69, 9.17) is 7.67 Å². The number of carbonyl (C=O) groups is 1. The van der Waals surface area contributed by atoms with E-state index in [0.717, 1.165) is 16.7 Å². The van der Waals surface area contributed by atoms with Crippen LogP contribution < -0.4 is 0 Å². The molecule has 0 aliphatic heterocycles. The van der Waals surface area contributed by atoms with Crippen LogP contribution in [0.25, 0.3) is 0 Å². The van der Waals surface area contributed by atoms with Crippen LogP contribution in [-0.4, -0.2) is 10.9 Å². The number of benzene rings is 4. The standard InChI is InChI=1S/C19H20O.C19H18O.Mn.2O/c2*1-3-19(2,17-12-8-5-9-13-17)15-14-18(20)16-10-6-4-7-11-16;;;/h3-15,18,20H,1H2,2H3;3-15H,1H2,2H3;;;/b2*15-14-;;;/t18-,19-;19-;;;/m11.../s1. The monoisotopic (exact) mass is 613 g/mol. The molecular weight excluding hydrogens is 575 g/mol. The van der Waals surface area contributed by atoms with Gasteiger partial charge >= 0.3 is 22.5 Å². The number of aliphatic hydroxyl groups is 1. The molecule has 0 aliphatic rings. The van der Waals surface area contributed by atoms with Crippen LogP contribution >= 0.6 is 0 Å². The van der Waals surface area contributed by atoms with E-state index >= 15 is 0 Å². The van der Waals surface area contributed by atoms with Gasteiger partial charge in [-0.1, -0.05) is 152 Å². The van der Waals surface area contributed by atoms with Gasteiger partial charge in [0.05, 0.1) is 6.10 Å². The van der Waals surface area contributed by atoms with Crippen molar-refractivity contribution >= 4 is 5.78 Å². The Morgan fingerprint density at radius 2 is 1.05 bits per heavy atom. The first-order valence-corrected chi connectivity index (χ1v) is 14.7. The summed E-state index contributed by atoms with van der Waals surface area (Å²) in [5, 5.41) is 10.2. The Bertz CT molecular complexity index is 1510. The SMILES string of the molecule is C=C[C@](C)(/C=C\C(=O)c1ccccc1)c1ccccc1.C=C[C@](C)(/C=C\[C@@H](O)c1ccccc1)c1ccccc1.[O]=[Mn]=[O]. The Labute approximate surface area is 261 Å². The summed E-state index contributed by atoms with van der Waals surface area (Å²) in [6, 6.07) is 39.1. The van der Waals surface area contributed by atoms with E-state index in [1.807, 2.05) is 146 Å². The number of ketones is 1. The van der Waals surface area contributed by atoms with Crippen molar-refractivity contribution in [3.63, 3.8) is 0 Å². The fourth-order valence-corrected chi connectivity index (χ4v) is 4.16. The number of hydrogen-bond acceptors (Lipinski definition) is 4. The van der Waals surface area contributed by atoms with Gasteiger partial charge in [0.15, 0.2) is 5.78 Å². The predicted molar refractivity (Wildman–Crippen MR) is 170 cm³/mol. The Balaban J connectivity index is 0.000000275. The van der Waals surface area contributed by atoms with Gasteiger partial charge in [0.1, 0.15) is 0 Å². The molecule has 5 heteroatoms. The number of carbonyl (C=O) groups excluding carboxylic acids is 1. The van der Waals surface area contributed by atoms with Crippen molar-refractivity contribution in [1.82, 2.24) is 0 Å². The van der Waals surface area contributed by atoms with Gasteiger partial charge in [0.25, 0.3) is 0 Å². The van der Waals surface area contributed by atoms with Crippen LogP contribution in [0.5, 0.6) is 0 Å². The molecule has 4 aromatic rings. The molecule has 0 radical (unpaired) electrons. The summed E-state index contributed by atoms with van der Waals surface area (Å²) in [6.45, 7) is 12.0. The number of aliphatic hydroxyl groups excluding tert-OH is 1.